The first kappa shape index (κ1) is 20.8. The standard InChI is InChI=1S/C22H16F6O/c1-2-3-13-5-9-17-16(10-13)8-7-15(20(17)25)6-4-14-11-18(23)21(19(24)12-14)29-22(26,27)28/h2-3,7-8,11-13H,5,9-10H2,1H3/b3-2+. The van der Waals surface area contributed by atoms with Crippen molar-refractivity contribution in [3.8, 4) is 17.6 Å². The average molecular weight is 410 g/mol. The summed E-state index contributed by atoms with van der Waals surface area (Å²) < 4.78 is 82.2. The molecule has 2 aromatic carbocycles. The summed E-state index contributed by atoms with van der Waals surface area (Å²) in [5.74, 6) is 0.114. The Kier molecular flexibility index (Phi) is 5.92. The normalized spacial score (nSPS) is 16.3. The molecule has 1 atom stereocenters. The van der Waals surface area contributed by atoms with Crippen molar-refractivity contribution in [2.24, 2.45) is 5.92 Å². The van der Waals surface area contributed by atoms with Gasteiger partial charge in [0.1, 0.15) is 5.82 Å². The average Bonchev–Trinajstić information content (AvgIpc) is 2.64. The molecule has 152 valence electrons. The highest BCUT2D eigenvalue weighted by Gasteiger charge is 2.34. The van der Waals surface area contributed by atoms with Gasteiger partial charge in [-0.3, -0.25) is 0 Å². The van der Waals surface area contributed by atoms with Crippen LogP contribution in [0.25, 0.3) is 0 Å². The molecular formula is C22H16F6O. The van der Waals surface area contributed by atoms with Crippen molar-refractivity contribution < 1.29 is 31.1 Å². The second-order valence-corrected chi connectivity index (χ2v) is 6.66. The number of fused-ring (bicyclic) bond motifs is 1. The van der Waals surface area contributed by atoms with Crippen LogP contribution in [0, 0.1) is 35.2 Å². The second kappa shape index (κ2) is 8.24. The van der Waals surface area contributed by atoms with Gasteiger partial charge in [0.15, 0.2) is 11.6 Å². The molecule has 0 N–H and O–H groups in total. The first-order valence-electron chi connectivity index (χ1n) is 8.88. The first-order chi connectivity index (χ1) is 13.7. The Morgan fingerprint density at radius 2 is 1.76 bits per heavy atom. The van der Waals surface area contributed by atoms with Crippen LogP contribution in [0.15, 0.2) is 36.4 Å². The molecule has 0 bridgehead atoms. The molecule has 29 heavy (non-hydrogen) atoms. The molecule has 0 aromatic heterocycles. The second-order valence-electron chi connectivity index (χ2n) is 6.66. The predicted octanol–water partition coefficient (Wildman–Crippen LogP) is 6.08. The van der Waals surface area contributed by atoms with Crippen molar-refractivity contribution in [1.29, 1.82) is 0 Å². The Bertz CT molecular complexity index is 987. The van der Waals surface area contributed by atoms with Gasteiger partial charge in [0.25, 0.3) is 0 Å². The van der Waals surface area contributed by atoms with Crippen molar-refractivity contribution in [2.45, 2.75) is 32.5 Å². The van der Waals surface area contributed by atoms with E-state index in [1.54, 1.807) is 6.07 Å². The molecule has 0 aliphatic heterocycles. The number of benzene rings is 2. The molecule has 0 spiro atoms. The maximum atomic E-state index is 14.8. The number of rotatable bonds is 2. The Morgan fingerprint density at radius 3 is 2.38 bits per heavy atom. The number of hydrogen-bond donors (Lipinski definition) is 0. The maximum absolute atomic E-state index is 14.8. The smallest absolute Gasteiger partial charge is 0.399 e. The third-order valence-corrected chi connectivity index (χ3v) is 4.61. The molecule has 0 saturated carbocycles. The number of hydrogen-bond acceptors (Lipinski definition) is 1. The fraction of sp³-hybridized carbons (Fsp3) is 0.273. The van der Waals surface area contributed by atoms with Crippen molar-refractivity contribution in [3.05, 3.63) is 76.1 Å². The number of ether oxygens (including phenoxy) is 1. The number of halogens is 6. The van der Waals surface area contributed by atoms with Crippen LogP contribution in [-0.2, 0) is 12.8 Å². The van der Waals surface area contributed by atoms with E-state index < -0.39 is 29.6 Å². The van der Waals surface area contributed by atoms with Gasteiger partial charge in [-0.15, -0.1) is 13.2 Å². The predicted molar refractivity (Wildman–Crippen MR) is 95.8 cm³/mol. The summed E-state index contributed by atoms with van der Waals surface area (Å²) in [5, 5.41) is 0. The van der Waals surface area contributed by atoms with E-state index in [1.165, 1.54) is 6.07 Å². The molecule has 1 nitrogen and oxygen atoms in total. The Labute approximate surface area is 164 Å². The van der Waals surface area contributed by atoms with Gasteiger partial charge in [0, 0.05) is 5.56 Å². The highest BCUT2D eigenvalue weighted by molar-refractivity contribution is 5.49. The minimum absolute atomic E-state index is 0.0599. The molecule has 3 rings (SSSR count). The van der Waals surface area contributed by atoms with E-state index in [-0.39, 0.29) is 11.1 Å². The van der Waals surface area contributed by atoms with E-state index in [0.29, 0.717) is 30.0 Å². The molecular weight excluding hydrogens is 394 g/mol. The Morgan fingerprint density at radius 1 is 1.07 bits per heavy atom. The van der Waals surface area contributed by atoms with Gasteiger partial charge in [-0.1, -0.05) is 30.1 Å². The SMILES string of the molecule is C/C=C/C1CCc2c(ccc(C#Cc3cc(F)c(OC(F)(F)F)c(F)c3)c2F)C1. The van der Waals surface area contributed by atoms with Crippen molar-refractivity contribution in [1.82, 2.24) is 0 Å². The van der Waals surface area contributed by atoms with E-state index in [2.05, 4.69) is 22.7 Å². The van der Waals surface area contributed by atoms with E-state index in [9.17, 15) is 26.3 Å². The lowest BCUT2D eigenvalue weighted by molar-refractivity contribution is -0.276. The van der Waals surface area contributed by atoms with Gasteiger partial charge in [-0.2, -0.15) is 0 Å². The molecule has 1 aliphatic carbocycles. The molecule has 0 heterocycles. The van der Waals surface area contributed by atoms with Crippen LogP contribution in [0.2, 0.25) is 0 Å². The molecule has 0 saturated heterocycles. The molecule has 1 unspecified atom stereocenters. The van der Waals surface area contributed by atoms with Gasteiger partial charge in [0.2, 0.25) is 5.75 Å². The highest BCUT2D eigenvalue weighted by atomic mass is 19.4. The minimum Gasteiger partial charge on any atom is -0.399 e. The van der Waals surface area contributed by atoms with Crippen molar-refractivity contribution in [3.63, 3.8) is 0 Å². The lowest BCUT2D eigenvalue weighted by Gasteiger charge is -2.23. The van der Waals surface area contributed by atoms with E-state index in [1.807, 2.05) is 13.0 Å². The number of alkyl halides is 3. The number of allylic oxidation sites excluding steroid dienone is 2. The Hall–Kier alpha value is -2.88. The van der Waals surface area contributed by atoms with Crippen LogP contribution in [-0.4, -0.2) is 6.36 Å². The van der Waals surface area contributed by atoms with E-state index in [0.717, 1.165) is 18.4 Å². The zero-order valence-electron chi connectivity index (χ0n) is 15.3. The maximum Gasteiger partial charge on any atom is 0.573 e. The molecule has 1 aliphatic rings. The summed E-state index contributed by atoms with van der Waals surface area (Å²) in [7, 11) is 0. The minimum atomic E-state index is -5.23. The fourth-order valence-corrected chi connectivity index (χ4v) is 3.35. The van der Waals surface area contributed by atoms with Crippen molar-refractivity contribution >= 4 is 0 Å². The summed E-state index contributed by atoms with van der Waals surface area (Å²) >= 11 is 0. The van der Waals surface area contributed by atoms with E-state index >= 15 is 0 Å². The van der Waals surface area contributed by atoms with Crippen LogP contribution < -0.4 is 4.74 Å². The van der Waals surface area contributed by atoms with Crippen LogP contribution in [0.3, 0.4) is 0 Å². The quantitative estimate of drug-likeness (QED) is 0.331. The molecule has 2 aromatic rings. The molecule has 0 fully saturated rings. The summed E-state index contributed by atoms with van der Waals surface area (Å²) in [6.45, 7) is 1.93. The monoisotopic (exact) mass is 410 g/mol. The summed E-state index contributed by atoms with van der Waals surface area (Å²) in [6.07, 6.45) is 0.911. The third kappa shape index (κ3) is 4.94. The summed E-state index contributed by atoms with van der Waals surface area (Å²) in [6, 6.07) is 4.48. The van der Waals surface area contributed by atoms with Crippen LogP contribution in [0.5, 0.6) is 5.75 Å². The van der Waals surface area contributed by atoms with Crippen molar-refractivity contribution in [2.75, 3.05) is 0 Å². The zero-order chi connectivity index (χ0) is 21.2. The van der Waals surface area contributed by atoms with Crippen LogP contribution in [0.4, 0.5) is 26.3 Å². The highest BCUT2D eigenvalue weighted by Crippen LogP contribution is 2.31. The van der Waals surface area contributed by atoms with Gasteiger partial charge in [-0.25, -0.2) is 13.2 Å². The summed E-state index contributed by atoms with van der Waals surface area (Å²) in [4.78, 5) is 0. The fourth-order valence-electron chi connectivity index (χ4n) is 3.35. The van der Waals surface area contributed by atoms with Gasteiger partial charge in [-0.05, 0) is 61.4 Å². The van der Waals surface area contributed by atoms with Crippen LogP contribution in [0.1, 0.15) is 35.6 Å². The van der Waals surface area contributed by atoms with E-state index in [4.69, 9.17) is 0 Å². The molecule has 7 heteroatoms. The lowest BCUT2D eigenvalue weighted by Crippen LogP contribution is -2.19. The third-order valence-electron chi connectivity index (χ3n) is 4.61. The largest absolute Gasteiger partial charge is 0.573 e. The van der Waals surface area contributed by atoms with Crippen LogP contribution >= 0.6 is 0 Å². The Balaban J connectivity index is 1.87. The summed E-state index contributed by atoms with van der Waals surface area (Å²) in [5.41, 5.74) is 1.29. The zero-order valence-corrected chi connectivity index (χ0v) is 15.3. The van der Waals surface area contributed by atoms with Gasteiger partial charge in [0.05, 0.1) is 5.56 Å². The topological polar surface area (TPSA) is 9.23 Å². The molecule has 0 amide bonds. The molecule has 0 radical (unpaired) electrons. The van der Waals surface area contributed by atoms with Gasteiger partial charge >= 0.3 is 6.36 Å². The van der Waals surface area contributed by atoms with Gasteiger partial charge < -0.3 is 4.74 Å². The lowest BCUT2D eigenvalue weighted by atomic mass is 9.82. The first-order valence-corrected chi connectivity index (χ1v) is 8.88.